The van der Waals surface area contributed by atoms with Gasteiger partial charge in [0.1, 0.15) is 0 Å². The summed E-state index contributed by atoms with van der Waals surface area (Å²) < 4.78 is 0. The Bertz CT molecular complexity index is 269. The molecule has 0 fully saturated rings. The molecular formula is C16H22Cl4Ni. The molecule has 0 nitrogen and oxygen atoms in total. The van der Waals surface area contributed by atoms with Gasteiger partial charge in [-0.15, -0.1) is 35.4 Å². The molecule has 0 aliphatic heterocycles. The maximum absolute atomic E-state index is 5.84. The minimum Gasteiger partial charge on any atom is -0.224 e. The van der Waals surface area contributed by atoms with E-state index in [9.17, 15) is 0 Å². The van der Waals surface area contributed by atoms with Crippen LogP contribution < -0.4 is 0 Å². The molecule has 0 amide bonds. The number of rotatable bonds is 8. The summed E-state index contributed by atoms with van der Waals surface area (Å²) in [7, 11) is 0. The molecule has 2 unspecified atom stereocenters. The molecular weight excluding hydrogens is 393 g/mol. The van der Waals surface area contributed by atoms with Crippen molar-refractivity contribution in [3.63, 3.8) is 0 Å². The molecule has 0 aromatic carbocycles. The molecule has 124 valence electrons. The molecule has 0 aromatic rings. The molecule has 5 heteroatoms. The summed E-state index contributed by atoms with van der Waals surface area (Å²) in [6.45, 7) is 4.21. The number of alkyl halides is 2. The SMILES string of the molecule is CCCC(Cl)C=CC=[C-]Cl.CCCC(Cl)C=CC=[C-]Cl.[Ni+2]. The second-order valence-corrected chi connectivity index (χ2v) is 5.49. The first-order chi connectivity index (χ1) is 9.62. The average molecular weight is 415 g/mol. The largest absolute Gasteiger partial charge is 2.00 e. The van der Waals surface area contributed by atoms with Crippen LogP contribution in [0.1, 0.15) is 39.5 Å². The van der Waals surface area contributed by atoms with Gasteiger partial charge in [0, 0.05) is 10.8 Å². The van der Waals surface area contributed by atoms with Gasteiger partial charge in [-0.3, -0.25) is 0 Å². The molecule has 2 atom stereocenters. The first kappa shape index (κ1) is 26.5. The minimum absolute atomic E-state index is 0. The van der Waals surface area contributed by atoms with Gasteiger partial charge in [-0.2, -0.15) is 11.1 Å². The number of allylic oxidation sites excluding steroid dienone is 6. The van der Waals surface area contributed by atoms with Gasteiger partial charge in [0.25, 0.3) is 0 Å². The normalized spacial score (nSPS) is 14.4. The van der Waals surface area contributed by atoms with Crippen LogP contribution in [0.15, 0.2) is 36.5 Å². The van der Waals surface area contributed by atoms with Gasteiger partial charge in [-0.1, -0.05) is 26.7 Å². The van der Waals surface area contributed by atoms with E-state index in [4.69, 9.17) is 46.4 Å². The molecule has 0 spiro atoms. The Morgan fingerprint density at radius 2 is 1.14 bits per heavy atom. The fraction of sp³-hybridized carbons (Fsp3) is 0.500. The van der Waals surface area contributed by atoms with Crippen LogP contribution in [-0.4, -0.2) is 10.8 Å². The zero-order chi connectivity index (χ0) is 15.6. The van der Waals surface area contributed by atoms with E-state index in [1.54, 1.807) is 24.3 Å². The Kier molecular flexibility index (Phi) is 28.9. The molecule has 0 radical (unpaired) electrons. The number of halogens is 4. The van der Waals surface area contributed by atoms with E-state index in [1.165, 1.54) is 0 Å². The molecule has 0 rings (SSSR count). The van der Waals surface area contributed by atoms with Crippen molar-refractivity contribution in [3.8, 4) is 0 Å². The summed E-state index contributed by atoms with van der Waals surface area (Å²) in [4.78, 5) is 0. The molecule has 0 aliphatic carbocycles. The average Bonchev–Trinajstić information content (AvgIpc) is 2.41. The Morgan fingerprint density at radius 3 is 1.38 bits per heavy atom. The van der Waals surface area contributed by atoms with E-state index < -0.39 is 0 Å². The maximum atomic E-state index is 5.84. The van der Waals surface area contributed by atoms with Gasteiger partial charge < -0.3 is 0 Å². The summed E-state index contributed by atoms with van der Waals surface area (Å²) >= 11 is 22.0. The van der Waals surface area contributed by atoms with Crippen molar-refractivity contribution in [2.24, 2.45) is 0 Å². The smallest absolute Gasteiger partial charge is 0.224 e. The number of hydrogen-bond acceptors (Lipinski definition) is 0. The second kappa shape index (κ2) is 22.9. The third-order valence-corrected chi connectivity index (χ3v) is 3.07. The first-order valence-corrected chi connectivity index (χ1v) is 8.25. The number of hydrogen-bond donors (Lipinski definition) is 0. The molecule has 0 heterocycles. The summed E-state index contributed by atoms with van der Waals surface area (Å²) in [6.07, 6.45) is 14.9. The van der Waals surface area contributed by atoms with E-state index in [-0.39, 0.29) is 27.2 Å². The first-order valence-electron chi connectivity index (χ1n) is 6.62. The van der Waals surface area contributed by atoms with Gasteiger partial charge in [0.2, 0.25) is 0 Å². The van der Waals surface area contributed by atoms with Gasteiger partial charge in [-0.25, -0.2) is 47.5 Å². The molecule has 0 aromatic heterocycles. The van der Waals surface area contributed by atoms with Gasteiger partial charge in [-0.05, 0) is 12.8 Å². The van der Waals surface area contributed by atoms with Gasteiger partial charge in [0.05, 0.1) is 0 Å². The Hall–Kier alpha value is 0.614. The van der Waals surface area contributed by atoms with Crippen LogP contribution in [0.2, 0.25) is 0 Å². The Morgan fingerprint density at radius 1 is 0.810 bits per heavy atom. The van der Waals surface area contributed by atoms with Crippen molar-refractivity contribution in [1.82, 2.24) is 0 Å². The van der Waals surface area contributed by atoms with E-state index in [0.29, 0.717) is 0 Å². The van der Waals surface area contributed by atoms with E-state index in [0.717, 1.165) is 25.7 Å². The van der Waals surface area contributed by atoms with Gasteiger partial charge >= 0.3 is 16.5 Å². The van der Waals surface area contributed by atoms with Crippen LogP contribution in [0.4, 0.5) is 0 Å². The van der Waals surface area contributed by atoms with Crippen molar-refractivity contribution in [3.05, 3.63) is 47.5 Å². The molecule has 0 aliphatic rings. The molecule has 0 bridgehead atoms. The van der Waals surface area contributed by atoms with Crippen molar-refractivity contribution < 1.29 is 16.5 Å². The van der Waals surface area contributed by atoms with Crippen LogP contribution >= 0.6 is 46.4 Å². The van der Waals surface area contributed by atoms with Crippen LogP contribution in [0.3, 0.4) is 0 Å². The van der Waals surface area contributed by atoms with Crippen molar-refractivity contribution in [1.29, 1.82) is 0 Å². The van der Waals surface area contributed by atoms with E-state index in [2.05, 4.69) is 24.9 Å². The van der Waals surface area contributed by atoms with Crippen LogP contribution in [0.5, 0.6) is 0 Å². The second-order valence-electron chi connectivity index (χ2n) is 3.93. The fourth-order valence-corrected chi connectivity index (χ4v) is 1.92. The zero-order valence-electron chi connectivity index (χ0n) is 12.3. The molecule has 21 heavy (non-hydrogen) atoms. The standard InChI is InChI=1S/2C8H11Cl2.Ni/c2*1-2-5-8(10)6-3-4-7-9;/h2*3-4,6,8H,2,5H2,1H3;/q2*-1;+2. The van der Waals surface area contributed by atoms with Crippen molar-refractivity contribution in [2.75, 3.05) is 0 Å². The monoisotopic (exact) mass is 412 g/mol. The fourth-order valence-electron chi connectivity index (χ4n) is 1.17. The predicted octanol–water partition coefficient (Wildman–Crippen LogP) is 7.01. The molecule has 0 N–H and O–H groups in total. The summed E-state index contributed by atoms with van der Waals surface area (Å²) in [5.74, 6) is 0. The van der Waals surface area contributed by atoms with Crippen LogP contribution in [0, 0.1) is 11.1 Å². The van der Waals surface area contributed by atoms with Gasteiger partial charge in [0.15, 0.2) is 0 Å². The van der Waals surface area contributed by atoms with Crippen molar-refractivity contribution in [2.45, 2.75) is 50.3 Å². The molecule has 0 saturated heterocycles. The summed E-state index contributed by atoms with van der Waals surface area (Å²) in [5.41, 5.74) is 4.73. The quantitative estimate of drug-likeness (QED) is 0.173. The van der Waals surface area contributed by atoms with E-state index >= 15 is 0 Å². The third-order valence-electron chi connectivity index (χ3n) is 2.09. The summed E-state index contributed by atoms with van der Waals surface area (Å²) in [6, 6.07) is 0. The van der Waals surface area contributed by atoms with Crippen molar-refractivity contribution >= 4 is 46.4 Å². The Labute approximate surface area is 160 Å². The van der Waals surface area contributed by atoms with Crippen LogP contribution in [0.25, 0.3) is 0 Å². The van der Waals surface area contributed by atoms with E-state index in [1.807, 2.05) is 12.2 Å². The molecule has 0 saturated carbocycles. The Balaban J connectivity index is -0.000000295. The summed E-state index contributed by atoms with van der Waals surface area (Å²) in [5, 5.41) is 0.262. The third kappa shape index (κ3) is 25.9. The zero-order valence-corrected chi connectivity index (χ0v) is 16.3. The minimum atomic E-state index is 0. The predicted molar refractivity (Wildman–Crippen MR) is 94.7 cm³/mol. The van der Waals surface area contributed by atoms with Crippen LogP contribution in [-0.2, 0) is 16.5 Å². The maximum Gasteiger partial charge on any atom is 2.00 e. The topological polar surface area (TPSA) is 0 Å².